The van der Waals surface area contributed by atoms with Crippen molar-refractivity contribution < 1.29 is 18.6 Å². The first-order valence-corrected chi connectivity index (χ1v) is 5.04. The Morgan fingerprint density at radius 2 is 1.81 bits per heavy atom. The quantitative estimate of drug-likeness (QED) is 0.860. The van der Waals surface area contributed by atoms with Gasteiger partial charge in [0, 0.05) is 19.1 Å². The third-order valence-corrected chi connectivity index (χ3v) is 2.79. The molecule has 0 heterocycles. The van der Waals surface area contributed by atoms with Crippen molar-refractivity contribution in [2.45, 2.75) is 32.0 Å². The normalized spacial score (nSPS) is 13.9. The van der Waals surface area contributed by atoms with Gasteiger partial charge in [-0.05, 0) is 26.0 Å². The van der Waals surface area contributed by atoms with Gasteiger partial charge in [-0.1, -0.05) is 6.07 Å². The van der Waals surface area contributed by atoms with Crippen molar-refractivity contribution >= 4 is 0 Å². The number of hydrogen-bond acceptors (Lipinski definition) is 2. The van der Waals surface area contributed by atoms with Gasteiger partial charge in [0.15, 0.2) is 0 Å². The van der Waals surface area contributed by atoms with Gasteiger partial charge in [-0.2, -0.15) is 0 Å². The zero-order valence-electron chi connectivity index (χ0n) is 9.63. The predicted octanol–water partition coefficient (Wildman–Crippen LogP) is 2.29. The molecule has 0 radical (unpaired) electrons. The maximum Gasteiger partial charge on any atom is 0.129 e. The summed E-state index contributed by atoms with van der Waals surface area (Å²) in [5, 5.41) is 9.82. The summed E-state index contributed by atoms with van der Waals surface area (Å²) in [5.41, 5.74) is -0.950. The monoisotopic (exact) mass is 230 g/mol. The van der Waals surface area contributed by atoms with Crippen LogP contribution in [0.1, 0.15) is 19.4 Å². The van der Waals surface area contributed by atoms with Gasteiger partial charge in [0.25, 0.3) is 0 Å². The van der Waals surface area contributed by atoms with E-state index in [1.165, 1.54) is 25.3 Å². The van der Waals surface area contributed by atoms with Crippen molar-refractivity contribution in [3.05, 3.63) is 35.4 Å². The van der Waals surface area contributed by atoms with Crippen LogP contribution < -0.4 is 0 Å². The lowest BCUT2D eigenvalue weighted by atomic mass is 9.94. The van der Waals surface area contributed by atoms with Gasteiger partial charge in [-0.3, -0.25) is 0 Å². The summed E-state index contributed by atoms with van der Waals surface area (Å²) in [4.78, 5) is 0. The molecule has 0 aliphatic rings. The fourth-order valence-electron chi connectivity index (χ4n) is 1.30. The van der Waals surface area contributed by atoms with E-state index in [1.54, 1.807) is 13.8 Å². The summed E-state index contributed by atoms with van der Waals surface area (Å²) in [7, 11) is 1.45. The van der Waals surface area contributed by atoms with E-state index in [2.05, 4.69) is 0 Å². The minimum atomic E-state index is -0.969. The Hall–Kier alpha value is -1.00. The number of aliphatic hydroxyl groups is 1. The molecule has 1 atom stereocenters. The summed E-state index contributed by atoms with van der Waals surface area (Å²) in [6.45, 7) is 3.33. The predicted molar refractivity (Wildman–Crippen MR) is 57.2 cm³/mol. The molecule has 1 N–H and O–H groups in total. The van der Waals surface area contributed by atoms with Crippen molar-refractivity contribution in [2.75, 3.05) is 7.11 Å². The highest BCUT2D eigenvalue weighted by Gasteiger charge is 2.29. The molecule has 0 aliphatic carbocycles. The van der Waals surface area contributed by atoms with Crippen molar-refractivity contribution in [1.82, 2.24) is 0 Å². The van der Waals surface area contributed by atoms with Crippen molar-refractivity contribution in [2.24, 2.45) is 0 Å². The number of hydrogen-bond donors (Lipinski definition) is 1. The van der Waals surface area contributed by atoms with E-state index in [-0.39, 0.29) is 12.0 Å². The molecule has 2 nitrogen and oxygen atoms in total. The molecular formula is C12H16F2O2. The average Bonchev–Trinajstić information content (AvgIpc) is 2.23. The molecule has 16 heavy (non-hydrogen) atoms. The molecular weight excluding hydrogens is 214 g/mol. The maximum atomic E-state index is 13.3. The smallest absolute Gasteiger partial charge is 0.129 e. The number of benzene rings is 1. The van der Waals surface area contributed by atoms with Gasteiger partial charge in [-0.15, -0.1) is 0 Å². The Morgan fingerprint density at radius 1 is 1.31 bits per heavy atom. The second-order valence-corrected chi connectivity index (χ2v) is 4.23. The maximum absolute atomic E-state index is 13.3. The van der Waals surface area contributed by atoms with Crippen LogP contribution in [-0.2, 0) is 11.2 Å². The molecule has 0 saturated carbocycles. The molecule has 0 fully saturated rings. The second kappa shape index (κ2) is 4.89. The summed E-state index contributed by atoms with van der Waals surface area (Å²) in [6.07, 6.45) is -1.08. The van der Waals surface area contributed by atoms with Crippen molar-refractivity contribution in [3.63, 3.8) is 0 Å². The van der Waals surface area contributed by atoms with Gasteiger partial charge in [0.1, 0.15) is 11.6 Å². The summed E-state index contributed by atoms with van der Waals surface area (Å²) in [5.74, 6) is -1.29. The highest BCUT2D eigenvalue weighted by Crippen LogP contribution is 2.21. The molecule has 0 aliphatic heterocycles. The molecule has 0 bridgehead atoms. The molecule has 1 rings (SSSR count). The first kappa shape index (κ1) is 13.1. The number of aliphatic hydroxyl groups excluding tert-OH is 1. The number of rotatable bonds is 4. The van der Waals surface area contributed by atoms with Gasteiger partial charge in [0.2, 0.25) is 0 Å². The van der Waals surface area contributed by atoms with Crippen LogP contribution in [0.4, 0.5) is 8.78 Å². The minimum Gasteiger partial charge on any atom is -0.390 e. The highest BCUT2D eigenvalue weighted by atomic mass is 19.1. The van der Waals surface area contributed by atoms with Crippen LogP contribution >= 0.6 is 0 Å². The molecule has 0 amide bonds. The first-order chi connectivity index (χ1) is 7.38. The summed E-state index contributed by atoms with van der Waals surface area (Å²) in [6, 6.07) is 3.64. The van der Waals surface area contributed by atoms with E-state index >= 15 is 0 Å². The van der Waals surface area contributed by atoms with E-state index in [0.29, 0.717) is 0 Å². The Labute approximate surface area is 93.9 Å². The molecule has 1 unspecified atom stereocenters. The molecule has 90 valence electrons. The molecule has 1 aromatic carbocycles. The Bertz CT molecular complexity index is 344. The van der Waals surface area contributed by atoms with Crippen LogP contribution in [0.2, 0.25) is 0 Å². The minimum absolute atomic E-state index is 0.111. The van der Waals surface area contributed by atoms with E-state index in [4.69, 9.17) is 4.74 Å². The standard InChI is InChI=1S/C12H16F2O2/c1-12(2,16-3)11(15)7-8-9(13)5-4-6-10(8)14/h4-6,11,15H,7H2,1-3H3. The lowest BCUT2D eigenvalue weighted by molar-refractivity contribution is -0.0769. The van der Waals surface area contributed by atoms with Crippen molar-refractivity contribution in [3.8, 4) is 0 Å². The fraction of sp³-hybridized carbons (Fsp3) is 0.500. The van der Waals surface area contributed by atoms with Crippen LogP contribution in [0.15, 0.2) is 18.2 Å². The molecule has 1 aromatic rings. The highest BCUT2D eigenvalue weighted by molar-refractivity contribution is 5.21. The van der Waals surface area contributed by atoms with Crippen LogP contribution in [0.3, 0.4) is 0 Å². The molecule has 4 heteroatoms. The van der Waals surface area contributed by atoms with E-state index in [1.807, 2.05) is 0 Å². The van der Waals surface area contributed by atoms with Crippen LogP contribution in [0.25, 0.3) is 0 Å². The summed E-state index contributed by atoms with van der Waals surface area (Å²) < 4.78 is 31.7. The fourth-order valence-corrected chi connectivity index (χ4v) is 1.30. The SMILES string of the molecule is COC(C)(C)C(O)Cc1c(F)cccc1F. The topological polar surface area (TPSA) is 29.5 Å². The largest absolute Gasteiger partial charge is 0.390 e. The van der Waals surface area contributed by atoms with Gasteiger partial charge < -0.3 is 9.84 Å². The number of halogens is 2. The molecule has 0 saturated heterocycles. The van der Waals surface area contributed by atoms with E-state index in [9.17, 15) is 13.9 Å². The zero-order chi connectivity index (χ0) is 12.3. The third-order valence-electron chi connectivity index (χ3n) is 2.79. The third kappa shape index (κ3) is 2.77. The Balaban J connectivity index is 2.89. The van der Waals surface area contributed by atoms with Gasteiger partial charge in [0.05, 0.1) is 11.7 Å². The Morgan fingerprint density at radius 3 is 2.25 bits per heavy atom. The number of ether oxygens (including phenoxy) is 1. The lowest BCUT2D eigenvalue weighted by Gasteiger charge is -2.29. The first-order valence-electron chi connectivity index (χ1n) is 5.04. The lowest BCUT2D eigenvalue weighted by Crippen LogP contribution is -2.39. The van der Waals surface area contributed by atoms with Gasteiger partial charge >= 0.3 is 0 Å². The van der Waals surface area contributed by atoms with E-state index in [0.717, 1.165) is 0 Å². The zero-order valence-corrected chi connectivity index (χ0v) is 9.63. The Kier molecular flexibility index (Phi) is 3.99. The van der Waals surface area contributed by atoms with Gasteiger partial charge in [-0.25, -0.2) is 8.78 Å². The molecule has 0 spiro atoms. The van der Waals surface area contributed by atoms with Crippen molar-refractivity contribution in [1.29, 1.82) is 0 Å². The number of methoxy groups -OCH3 is 1. The van der Waals surface area contributed by atoms with Crippen LogP contribution in [0.5, 0.6) is 0 Å². The summed E-state index contributed by atoms with van der Waals surface area (Å²) >= 11 is 0. The molecule has 0 aromatic heterocycles. The van der Waals surface area contributed by atoms with Crippen LogP contribution in [0, 0.1) is 11.6 Å². The second-order valence-electron chi connectivity index (χ2n) is 4.23. The average molecular weight is 230 g/mol. The van der Waals surface area contributed by atoms with E-state index < -0.39 is 23.3 Å². The van der Waals surface area contributed by atoms with Crippen LogP contribution in [-0.4, -0.2) is 23.9 Å².